The third-order valence-corrected chi connectivity index (χ3v) is 2.69. The number of nitrogens with zero attached hydrogens (tertiary/aromatic N) is 2. The van der Waals surface area contributed by atoms with Crippen molar-refractivity contribution in [2.24, 2.45) is 11.7 Å². The maximum absolute atomic E-state index is 11.8. The van der Waals surface area contributed by atoms with Gasteiger partial charge in [0.2, 0.25) is 5.91 Å². The molecule has 2 heterocycles. The highest BCUT2D eigenvalue weighted by atomic mass is 16.5. The van der Waals surface area contributed by atoms with Crippen molar-refractivity contribution < 1.29 is 9.53 Å². The summed E-state index contributed by atoms with van der Waals surface area (Å²) in [7, 11) is 0. The predicted molar refractivity (Wildman–Crippen MR) is 58.8 cm³/mol. The molecule has 16 heavy (non-hydrogen) atoms. The number of carbonyl (C=O) groups excluding carboxylic acids is 1. The van der Waals surface area contributed by atoms with E-state index in [1.54, 1.807) is 17.1 Å². The lowest BCUT2D eigenvalue weighted by Gasteiger charge is -2.11. The number of nitrogens with two attached hydrogens (primary N) is 1. The molecule has 0 aliphatic carbocycles. The van der Waals surface area contributed by atoms with Gasteiger partial charge in [-0.2, -0.15) is 5.10 Å². The molecule has 2 rings (SSSR count). The highest BCUT2D eigenvalue weighted by Crippen LogP contribution is 2.14. The van der Waals surface area contributed by atoms with Crippen LogP contribution in [-0.4, -0.2) is 34.9 Å². The van der Waals surface area contributed by atoms with Crippen LogP contribution in [0.4, 0.5) is 5.69 Å². The zero-order valence-electron chi connectivity index (χ0n) is 9.22. The van der Waals surface area contributed by atoms with Gasteiger partial charge >= 0.3 is 0 Å². The van der Waals surface area contributed by atoms with Crippen molar-refractivity contribution in [3.05, 3.63) is 12.4 Å². The van der Waals surface area contributed by atoms with Gasteiger partial charge < -0.3 is 15.8 Å². The van der Waals surface area contributed by atoms with Gasteiger partial charge in [-0.25, -0.2) is 0 Å². The standard InChI is InChI=1S/C10H16N4O2/c1-2-14-4-7(3-12-14)13-10(15)8-5-16-6-9(8)11/h3-4,8-9H,2,5-6,11H2,1H3,(H,13,15). The van der Waals surface area contributed by atoms with Crippen LogP contribution in [0.3, 0.4) is 0 Å². The molecule has 6 nitrogen and oxygen atoms in total. The molecular weight excluding hydrogens is 208 g/mol. The number of hydrogen-bond donors (Lipinski definition) is 2. The van der Waals surface area contributed by atoms with E-state index >= 15 is 0 Å². The molecular formula is C10H16N4O2. The summed E-state index contributed by atoms with van der Waals surface area (Å²) < 4.78 is 6.90. The van der Waals surface area contributed by atoms with Crippen molar-refractivity contribution in [3.63, 3.8) is 0 Å². The second kappa shape index (κ2) is 4.63. The first-order valence-corrected chi connectivity index (χ1v) is 5.37. The normalized spacial score (nSPS) is 24.6. The summed E-state index contributed by atoms with van der Waals surface area (Å²) in [5.74, 6) is -0.356. The molecule has 0 radical (unpaired) electrons. The number of aryl methyl sites for hydroxylation is 1. The Bertz CT molecular complexity index is 377. The lowest BCUT2D eigenvalue weighted by molar-refractivity contribution is -0.120. The monoisotopic (exact) mass is 224 g/mol. The van der Waals surface area contributed by atoms with Gasteiger partial charge in [0.25, 0.3) is 0 Å². The van der Waals surface area contributed by atoms with Gasteiger partial charge in [-0.1, -0.05) is 0 Å². The van der Waals surface area contributed by atoms with Gasteiger partial charge in [0.05, 0.1) is 31.0 Å². The molecule has 6 heteroatoms. The maximum Gasteiger partial charge on any atom is 0.231 e. The second-order valence-corrected chi connectivity index (χ2v) is 3.88. The molecule has 1 fully saturated rings. The highest BCUT2D eigenvalue weighted by molar-refractivity contribution is 5.93. The molecule has 1 amide bonds. The Morgan fingerprint density at radius 2 is 2.56 bits per heavy atom. The second-order valence-electron chi connectivity index (χ2n) is 3.88. The van der Waals surface area contributed by atoms with Crippen molar-refractivity contribution in [3.8, 4) is 0 Å². The van der Waals surface area contributed by atoms with E-state index in [1.165, 1.54) is 0 Å². The summed E-state index contributed by atoms with van der Waals surface area (Å²) in [4.78, 5) is 11.8. The van der Waals surface area contributed by atoms with Crippen molar-refractivity contribution in [1.82, 2.24) is 9.78 Å². The molecule has 3 N–H and O–H groups in total. The minimum absolute atomic E-state index is 0.0966. The molecule has 2 unspecified atom stereocenters. The number of nitrogens with one attached hydrogen (secondary N) is 1. The van der Waals surface area contributed by atoms with E-state index in [4.69, 9.17) is 10.5 Å². The smallest absolute Gasteiger partial charge is 0.231 e. The summed E-state index contributed by atoms with van der Waals surface area (Å²) in [6, 6.07) is -0.207. The molecule has 1 aliphatic heterocycles. The van der Waals surface area contributed by atoms with E-state index in [-0.39, 0.29) is 17.9 Å². The average Bonchev–Trinajstić information content (AvgIpc) is 2.86. The molecule has 0 aromatic carbocycles. The Kier molecular flexibility index (Phi) is 3.21. The van der Waals surface area contributed by atoms with Crippen LogP contribution in [0.1, 0.15) is 6.92 Å². The van der Waals surface area contributed by atoms with Crippen LogP contribution >= 0.6 is 0 Å². The number of ether oxygens (including phenoxy) is 1. The third kappa shape index (κ3) is 2.23. The third-order valence-electron chi connectivity index (χ3n) is 2.69. The first kappa shape index (κ1) is 11.1. The molecule has 0 bridgehead atoms. The molecule has 0 spiro atoms. The molecule has 0 saturated carbocycles. The molecule has 1 aromatic heterocycles. The van der Waals surface area contributed by atoms with Gasteiger partial charge in [0.15, 0.2) is 0 Å². The van der Waals surface area contributed by atoms with Gasteiger partial charge in [0, 0.05) is 18.8 Å². The number of amides is 1. The van der Waals surface area contributed by atoms with Gasteiger partial charge in [-0.15, -0.1) is 0 Å². The number of hydrogen-bond acceptors (Lipinski definition) is 4. The topological polar surface area (TPSA) is 82.2 Å². The molecule has 1 aromatic rings. The predicted octanol–water partition coefficient (Wildman–Crippen LogP) is -0.185. The Balaban J connectivity index is 1.96. The van der Waals surface area contributed by atoms with E-state index in [9.17, 15) is 4.79 Å². The minimum Gasteiger partial charge on any atom is -0.379 e. The fourth-order valence-electron chi connectivity index (χ4n) is 1.68. The van der Waals surface area contributed by atoms with E-state index in [2.05, 4.69) is 10.4 Å². The summed E-state index contributed by atoms with van der Waals surface area (Å²) in [6.07, 6.45) is 3.42. The van der Waals surface area contributed by atoms with Crippen molar-refractivity contribution >= 4 is 11.6 Å². The van der Waals surface area contributed by atoms with Crippen molar-refractivity contribution in [1.29, 1.82) is 0 Å². The number of aromatic nitrogens is 2. The van der Waals surface area contributed by atoms with Gasteiger partial charge in [-0.05, 0) is 6.92 Å². The molecule has 2 atom stereocenters. The van der Waals surface area contributed by atoms with Crippen LogP contribution < -0.4 is 11.1 Å². The van der Waals surface area contributed by atoms with E-state index in [0.29, 0.717) is 18.9 Å². The first-order chi connectivity index (χ1) is 7.70. The largest absolute Gasteiger partial charge is 0.379 e. The van der Waals surface area contributed by atoms with Crippen LogP contribution in [-0.2, 0) is 16.1 Å². The quantitative estimate of drug-likeness (QED) is 0.746. The Morgan fingerprint density at radius 3 is 3.12 bits per heavy atom. The van der Waals surface area contributed by atoms with Crippen LogP contribution in [0.25, 0.3) is 0 Å². The lowest BCUT2D eigenvalue weighted by atomic mass is 10.0. The summed E-state index contributed by atoms with van der Waals surface area (Å²) in [6.45, 7) is 3.61. The summed E-state index contributed by atoms with van der Waals surface area (Å²) in [5.41, 5.74) is 6.46. The first-order valence-electron chi connectivity index (χ1n) is 5.37. The van der Waals surface area contributed by atoms with Crippen LogP contribution in [0, 0.1) is 5.92 Å². The van der Waals surface area contributed by atoms with E-state index in [1.807, 2.05) is 6.92 Å². The SMILES string of the molecule is CCn1cc(NC(=O)C2COCC2N)cn1. The highest BCUT2D eigenvalue weighted by Gasteiger charge is 2.31. The Hall–Kier alpha value is -1.40. The fourth-order valence-corrected chi connectivity index (χ4v) is 1.68. The zero-order chi connectivity index (χ0) is 11.5. The zero-order valence-corrected chi connectivity index (χ0v) is 9.22. The lowest BCUT2D eigenvalue weighted by Crippen LogP contribution is -2.37. The summed E-state index contributed by atoms with van der Waals surface area (Å²) in [5, 5.41) is 6.86. The maximum atomic E-state index is 11.8. The van der Waals surface area contributed by atoms with Gasteiger partial charge in [0.1, 0.15) is 0 Å². The number of anilines is 1. The molecule has 88 valence electrons. The summed E-state index contributed by atoms with van der Waals surface area (Å²) >= 11 is 0. The van der Waals surface area contributed by atoms with E-state index < -0.39 is 0 Å². The molecule has 1 saturated heterocycles. The average molecular weight is 224 g/mol. The van der Waals surface area contributed by atoms with Crippen molar-refractivity contribution in [2.45, 2.75) is 19.5 Å². The van der Waals surface area contributed by atoms with Crippen LogP contribution in [0.15, 0.2) is 12.4 Å². The van der Waals surface area contributed by atoms with E-state index in [0.717, 1.165) is 6.54 Å². The fraction of sp³-hybridized carbons (Fsp3) is 0.600. The van der Waals surface area contributed by atoms with Crippen LogP contribution in [0.2, 0.25) is 0 Å². The number of rotatable bonds is 3. The van der Waals surface area contributed by atoms with Gasteiger partial charge in [-0.3, -0.25) is 9.48 Å². The Morgan fingerprint density at radius 1 is 1.75 bits per heavy atom. The van der Waals surface area contributed by atoms with Crippen LogP contribution in [0.5, 0.6) is 0 Å². The number of carbonyl (C=O) groups is 1. The Labute approximate surface area is 93.8 Å². The molecule has 1 aliphatic rings. The minimum atomic E-state index is -0.259. The van der Waals surface area contributed by atoms with Crippen molar-refractivity contribution in [2.75, 3.05) is 18.5 Å².